The Bertz CT molecular complexity index is 376. The van der Waals surface area contributed by atoms with E-state index in [-0.39, 0.29) is 12.8 Å². The van der Waals surface area contributed by atoms with E-state index in [1.54, 1.807) is 30.3 Å². The van der Waals surface area contributed by atoms with E-state index >= 15 is 0 Å². The monoisotopic (exact) mass is 187 g/mol. The molecule has 14 heavy (non-hydrogen) atoms. The molecule has 1 rings (SSSR count). The lowest BCUT2D eigenvalue weighted by Gasteiger charge is -1.97. The van der Waals surface area contributed by atoms with Crippen LogP contribution in [0.1, 0.15) is 12.0 Å². The molecule has 0 fully saturated rings. The predicted molar refractivity (Wildman–Crippen MR) is 50.4 cm³/mol. The second-order valence-corrected chi connectivity index (χ2v) is 2.84. The summed E-state index contributed by atoms with van der Waals surface area (Å²) in [7, 11) is 0. The van der Waals surface area contributed by atoms with Crippen LogP contribution in [0.25, 0.3) is 0 Å². The molecule has 0 unspecified atom stereocenters. The molecular formula is C11H9NO2. The van der Waals surface area contributed by atoms with Gasteiger partial charge in [0.1, 0.15) is 6.42 Å². The average Bonchev–Trinajstić information content (AvgIpc) is 2.19. The summed E-state index contributed by atoms with van der Waals surface area (Å²) in [4.78, 5) is 22.2. The molecular weight excluding hydrogens is 178 g/mol. The van der Waals surface area contributed by atoms with Gasteiger partial charge in [0.15, 0.2) is 0 Å². The molecule has 0 spiro atoms. The molecule has 70 valence electrons. The Morgan fingerprint density at radius 1 is 1.14 bits per heavy atom. The van der Waals surface area contributed by atoms with Gasteiger partial charge in [0, 0.05) is 6.42 Å². The van der Waals surface area contributed by atoms with Crippen LogP contribution in [-0.2, 0) is 16.0 Å². The second-order valence-electron chi connectivity index (χ2n) is 2.84. The van der Waals surface area contributed by atoms with Crippen LogP contribution in [0.2, 0.25) is 0 Å². The van der Waals surface area contributed by atoms with Gasteiger partial charge in [0.05, 0.1) is 6.07 Å². The van der Waals surface area contributed by atoms with Crippen molar-refractivity contribution in [1.82, 2.24) is 0 Å². The van der Waals surface area contributed by atoms with Gasteiger partial charge in [-0.05, 0) is 5.56 Å². The molecule has 3 nitrogen and oxygen atoms in total. The predicted octanol–water partition coefficient (Wildman–Crippen LogP) is 1.28. The topological polar surface area (TPSA) is 57.9 Å². The van der Waals surface area contributed by atoms with Gasteiger partial charge in [-0.25, -0.2) is 0 Å². The summed E-state index contributed by atoms with van der Waals surface area (Å²) >= 11 is 0. The SMILES string of the molecule is N#CCC(=O)C(=O)Cc1ccccc1. The summed E-state index contributed by atoms with van der Waals surface area (Å²) in [6.07, 6.45) is -0.243. The average molecular weight is 187 g/mol. The van der Waals surface area contributed by atoms with Crippen LogP contribution in [0.4, 0.5) is 0 Å². The molecule has 1 aromatic carbocycles. The maximum atomic E-state index is 11.2. The van der Waals surface area contributed by atoms with Crippen molar-refractivity contribution in [2.24, 2.45) is 0 Å². The van der Waals surface area contributed by atoms with Gasteiger partial charge in [-0.3, -0.25) is 9.59 Å². The van der Waals surface area contributed by atoms with Gasteiger partial charge < -0.3 is 0 Å². The Balaban J connectivity index is 2.59. The van der Waals surface area contributed by atoms with E-state index in [4.69, 9.17) is 5.26 Å². The molecule has 0 aromatic heterocycles. The maximum absolute atomic E-state index is 11.2. The number of benzene rings is 1. The zero-order chi connectivity index (χ0) is 10.4. The lowest BCUT2D eigenvalue weighted by molar-refractivity contribution is -0.135. The van der Waals surface area contributed by atoms with Gasteiger partial charge in [-0.2, -0.15) is 5.26 Å². The largest absolute Gasteiger partial charge is 0.290 e. The number of rotatable bonds is 4. The van der Waals surface area contributed by atoms with Crippen molar-refractivity contribution in [2.75, 3.05) is 0 Å². The van der Waals surface area contributed by atoms with Crippen LogP contribution >= 0.6 is 0 Å². The Hall–Kier alpha value is -1.95. The van der Waals surface area contributed by atoms with Crippen molar-refractivity contribution in [3.63, 3.8) is 0 Å². The normalized spacial score (nSPS) is 9.07. The lowest BCUT2D eigenvalue weighted by Crippen LogP contribution is -2.15. The molecule has 0 aliphatic rings. The third kappa shape index (κ3) is 2.83. The van der Waals surface area contributed by atoms with Crippen LogP contribution in [0.5, 0.6) is 0 Å². The molecule has 0 saturated heterocycles. The zero-order valence-corrected chi connectivity index (χ0v) is 7.56. The van der Waals surface area contributed by atoms with Gasteiger partial charge in [-0.1, -0.05) is 30.3 Å². The number of hydrogen-bond donors (Lipinski definition) is 0. The third-order valence-corrected chi connectivity index (χ3v) is 1.76. The van der Waals surface area contributed by atoms with Gasteiger partial charge in [0.25, 0.3) is 0 Å². The molecule has 0 atom stereocenters. The minimum Gasteiger partial charge on any atom is -0.290 e. The standard InChI is InChI=1S/C11H9NO2/c12-7-6-10(13)11(14)8-9-4-2-1-3-5-9/h1-5H,6,8H2. The van der Waals surface area contributed by atoms with Crippen LogP contribution in [-0.4, -0.2) is 11.6 Å². The third-order valence-electron chi connectivity index (χ3n) is 1.76. The number of carbonyl (C=O) groups is 2. The summed E-state index contributed by atoms with van der Waals surface area (Å²) in [6, 6.07) is 10.7. The molecule has 0 saturated carbocycles. The van der Waals surface area contributed by atoms with E-state index in [2.05, 4.69) is 0 Å². The number of ketones is 2. The van der Waals surface area contributed by atoms with E-state index in [1.165, 1.54) is 0 Å². The molecule has 0 aliphatic heterocycles. The van der Waals surface area contributed by atoms with Crippen molar-refractivity contribution < 1.29 is 9.59 Å². The van der Waals surface area contributed by atoms with Crippen molar-refractivity contribution in [2.45, 2.75) is 12.8 Å². The quantitative estimate of drug-likeness (QED) is 0.667. The molecule has 0 aliphatic carbocycles. The Morgan fingerprint density at radius 3 is 2.36 bits per heavy atom. The first-order valence-corrected chi connectivity index (χ1v) is 4.21. The van der Waals surface area contributed by atoms with Crippen LogP contribution in [0.15, 0.2) is 30.3 Å². The minimum atomic E-state index is -0.614. The first kappa shape index (κ1) is 10.1. The number of hydrogen-bond acceptors (Lipinski definition) is 3. The van der Waals surface area contributed by atoms with Crippen LogP contribution in [0, 0.1) is 11.3 Å². The summed E-state index contributed by atoms with van der Waals surface area (Å²) in [5.41, 5.74) is 0.795. The van der Waals surface area contributed by atoms with Crippen LogP contribution in [0.3, 0.4) is 0 Å². The Kier molecular flexibility index (Phi) is 3.57. The number of Topliss-reactive ketones (excluding diaryl/α,β-unsaturated/α-hetero) is 2. The molecule has 0 radical (unpaired) electrons. The molecule has 1 aromatic rings. The molecule has 0 heterocycles. The summed E-state index contributed by atoms with van der Waals surface area (Å²) in [5, 5.41) is 8.23. The number of nitrogens with zero attached hydrogens (tertiary/aromatic N) is 1. The fraction of sp³-hybridized carbons (Fsp3) is 0.182. The summed E-state index contributed by atoms with van der Waals surface area (Å²) in [5.74, 6) is -1.12. The highest BCUT2D eigenvalue weighted by Crippen LogP contribution is 2.01. The summed E-state index contributed by atoms with van der Waals surface area (Å²) < 4.78 is 0. The second kappa shape index (κ2) is 4.93. The zero-order valence-electron chi connectivity index (χ0n) is 7.56. The van der Waals surface area contributed by atoms with Crippen molar-refractivity contribution in [3.05, 3.63) is 35.9 Å². The lowest BCUT2D eigenvalue weighted by atomic mass is 10.1. The molecule has 0 bridgehead atoms. The van der Waals surface area contributed by atoms with Gasteiger partial charge >= 0.3 is 0 Å². The van der Waals surface area contributed by atoms with Crippen molar-refractivity contribution in [1.29, 1.82) is 5.26 Å². The van der Waals surface area contributed by atoms with E-state index < -0.39 is 11.6 Å². The first-order valence-electron chi connectivity index (χ1n) is 4.21. The molecule has 3 heteroatoms. The van der Waals surface area contributed by atoms with Gasteiger partial charge in [0.2, 0.25) is 11.6 Å². The highest BCUT2D eigenvalue weighted by atomic mass is 16.2. The smallest absolute Gasteiger partial charge is 0.212 e. The minimum absolute atomic E-state index is 0.0847. The maximum Gasteiger partial charge on any atom is 0.212 e. The van der Waals surface area contributed by atoms with E-state index in [1.807, 2.05) is 6.07 Å². The highest BCUT2D eigenvalue weighted by molar-refractivity contribution is 6.38. The first-order chi connectivity index (χ1) is 6.74. The van der Waals surface area contributed by atoms with E-state index in [9.17, 15) is 9.59 Å². The summed E-state index contributed by atoms with van der Waals surface area (Å²) in [6.45, 7) is 0. The Labute approximate surface area is 82.0 Å². The fourth-order valence-corrected chi connectivity index (χ4v) is 1.05. The van der Waals surface area contributed by atoms with E-state index in [0.29, 0.717) is 0 Å². The molecule has 0 amide bonds. The van der Waals surface area contributed by atoms with Gasteiger partial charge in [-0.15, -0.1) is 0 Å². The van der Waals surface area contributed by atoms with Crippen molar-refractivity contribution in [3.8, 4) is 6.07 Å². The van der Waals surface area contributed by atoms with Crippen molar-refractivity contribution >= 4 is 11.6 Å². The fourth-order valence-electron chi connectivity index (χ4n) is 1.05. The number of carbonyl (C=O) groups excluding carboxylic acids is 2. The highest BCUT2D eigenvalue weighted by Gasteiger charge is 2.12. The Morgan fingerprint density at radius 2 is 1.79 bits per heavy atom. The number of nitriles is 1. The van der Waals surface area contributed by atoms with Crippen LogP contribution < -0.4 is 0 Å². The molecule has 0 N–H and O–H groups in total. The van der Waals surface area contributed by atoms with E-state index in [0.717, 1.165) is 5.56 Å².